The molecule has 0 unspecified atom stereocenters. The van der Waals surface area contributed by atoms with Crippen LogP contribution in [0.3, 0.4) is 0 Å². The summed E-state index contributed by atoms with van der Waals surface area (Å²) >= 11 is -0.632. The van der Waals surface area contributed by atoms with E-state index in [2.05, 4.69) is 30.6 Å². The van der Waals surface area contributed by atoms with Gasteiger partial charge in [-0.05, 0) is 0 Å². The first kappa shape index (κ1) is 8.85. The number of hydrogen-bond donors (Lipinski definition) is 0. The topological polar surface area (TPSA) is 0 Å². The predicted octanol–water partition coefficient (Wildman–Crippen LogP) is 2.62. The molecule has 48 valence electrons. The first-order valence-electron chi connectivity index (χ1n) is 3.42. The standard InChI is InChI=1S/C4H11Si.2CH3.Ga/c1-5(2,3)4;;;/h1H2,2-4H3;2*1H3;. The Morgan fingerprint density at radius 2 is 1.50 bits per heavy atom. The van der Waals surface area contributed by atoms with Crippen LogP contribution >= 0.6 is 0 Å². The SMILES string of the molecule is [CH3][Ga]([CH3])[CH2][Si](C)(C)C. The van der Waals surface area contributed by atoms with E-state index in [-0.39, 0.29) is 0 Å². The molecule has 0 aromatic rings. The fourth-order valence-corrected chi connectivity index (χ4v) is 19.1. The number of rotatable bonds is 2. The summed E-state index contributed by atoms with van der Waals surface area (Å²) in [5.74, 6) is 0. The van der Waals surface area contributed by atoms with Gasteiger partial charge >= 0.3 is 59.5 Å². The van der Waals surface area contributed by atoms with E-state index in [1.54, 1.807) is 4.60 Å². The fourth-order valence-electron chi connectivity index (χ4n) is 1.22. The molecule has 0 fully saturated rings. The second-order valence-electron chi connectivity index (χ2n) is 4.16. The molecular formula is C6H17GaSi. The molecule has 0 bridgehead atoms. The molecule has 0 atom stereocenters. The Balaban J connectivity index is 3.39. The Morgan fingerprint density at radius 1 is 1.12 bits per heavy atom. The van der Waals surface area contributed by atoms with Gasteiger partial charge in [-0.2, -0.15) is 0 Å². The molecule has 0 aliphatic heterocycles. The zero-order valence-electron chi connectivity index (χ0n) is 6.78. The van der Waals surface area contributed by atoms with Crippen LogP contribution in [0.5, 0.6) is 0 Å². The van der Waals surface area contributed by atoms with Crippen molar-refractivity contribution in [2.75, 3.05) is 0 Å². The van der Waals surface area contributed by atoms with Crippen molar-refractivity contribution >= 4 is 24.3 Å². The Bertz CT molecular complexity index is 63.4. The van der Waals surface area contributed by atoms with Gasteiger partial charge in [0, 0.05) is 0 Å². The molecule has 0 saturated carbocycles. The average Bonchev–Trinajstić information content (AvgIpc) is 1.21. The van der Waals surface area contributed by atoms with Crippen molar-refractivity contribution < 1.29 is 0 Å². The average molecular weight is 187 g/mol. The van der Waals surface area contributed by atoms with Crippen LogP contribution in [-0.4, -0.2) is 24.3 Å². The van der Waals surface area contributed by atoms with E-state index < -0.39 is 24.3 Å². The molecule has 0 nitrogen and oxygen atoms in total. The Hall–Kier alpha value is 0.853. The van der Waals surface area contributed by atoms with Crippen molar-refractivity contribution in [3.05, 3.63) is 0 Å². The zero-order valence-corrected chi connectivity index (χ0v) is 10.2. The molecule has 0 N–H and O–H groups in total. The third-order valence-electron chi connectivity index (χ3n) is 1.02. The fraction of sp³-hybridized carbons (Fsp3) is 1.00. The molecule has 0 amide bonds. The van der Waals surface area contributed by atoms with Gasteiger partial charge in [0.15, 0.2) is 0 Å². The minimum atomic E-state index is -0.637. The van der Waals surface area contributed by atoms with Crippen molar-refractivity contribution in [3.63, 3.8) is 0 Å². The summed E-state index contributed by atoms with van der Waals surface area (Å²) in [6.07, 6.45) is 0. The predicted molar refractivity (Wildman–Crippen MR) is 45.6 cm³/mol. The van der Waals surface area contributed by atoms with Gasteiger partial charge < -0.3 is 0 Å². The monoisotopic (exact) mass is 186 g/mol. The first-order chi connectivity index (χ1) is 3.42. The van der Waals surface area contributed by atoms with Crippen LogP contribution < -0.4 is 0 Å². The third kappa shape index (κ3) is 6.85. The van der Waals surface area contributed by atoms with E-state index >= 15 is 0 Å². The zero-order chi connectivity index (χ0) is 6.78. The number of hydrogen-bond acceptors (Lipinski definition) is 0. The van der Waals surface area contributed by atoms with Gasteiger partial charge in [-0.3, -0.25) is 0 Å². The van der Waals surface area contributed by atoms with E-state index in [0.717, 1.165) is 0 Å². The van der Waals surface area contributed by atoms with Crippen LogP contribution in [0, 0.1) is 0 Å². The molecule has 0 spiro atoms. The van der Waals surface area contributed by atoms with E-state index in [1.165, 1.54) is 0 Å². The van der Waals surface area contributed by atoms with Gasteiger partial charge in [0.25, 0.3) is 0 Å². The molecule has 0 heterocycles. The molecule has 0 aliphatic rings. The van der Waals surface area contributed by atoms with E-state index in [1.807, 2.05) is 0 Å². The molecule has 2 heteroatoms. The van der Waals surface area contributed by atoms with Crippen LogP contribution in [0.1, 0.15) is 0 Å². The Labute approximate surface area is 59.7 Å². The second-order valence-corrected chi connectivity index (χ2v) is 18.1. The first-order valence-corrected chi connectivity index (χ1v) is 13.7. The Kier molecular flexibility index (Phi) is 3.47. The maximum absolute atomic E-state index is 2.49. The van der Waals surface area contributed by atoms with Gasteiger partial charge in [-0.1, -0.05) is 0 Å². The molecular weight excluding hydrogens is 170 g/mol. The molecule has 8 heavy (non-hydrogen) atoms. The summed E-state index contributed by atoms with van der Waals surface area (Å²) in [6, 6.07) is 0. The van der Waals surface area contributed by atoms with Crippen molar-refractivity contribution in [2.45, 2.75) is 35.2 Å². The van der Waals surface area contributed by atoms with E-state index in [9.17, 15) is 0 Å². The summed E-state index contributed by atoms with van der Waals surface area (Å²) in [4.78, 5) is 0. The van der Waals surface area contributed by atoms with Crippen molar-refractivity contribution in [1.82, 2.24) is 0 Å². The maximum atomic E-state index is 2.49. The van der Waals surface area contributed by atoms with Crippen LogP contribution in [-0.2, 0) is 0 Å². The summed E-state index contributed by atoms with van der Waals surface area (Å²) in [5.41, 5.74) is 4.98. The second kappa shape index (κ2) is 3.13. The van der Waals surface area contributed by atoms with Gasteiger partial charge in [0.1, 0.15) is 0 Å². The minimum absolute atomic E-state index is 0.632. The Morgan fingerprint density at radius 3 is 1.50 bits per heavy atom. The van der Waals surface area contributed by atoms with Crippen molar-refractivity contribution in [1.29, 1.82) is 0 Å². The van der Waals surface area contributed by atoms with Crippen molar-refractivity contribution in [3.8, 4) is 0 Å². The van der Waals surface area contributed by atoms with Crippen LogP contribution in [0.25, 0.3) is 0 Å². The molecule has 0 aromatic carbocycles. The van der Waals surface area contributed by atoms with Gasteiger partial charge in [-0.15, -0.1) is 0 Å². The quantitative estimate of drug-likeness (QED) is 0.583. The van der Waals surface area contributed by atoms with Gasteiger partial charge in [-0.25, -0.2) is 0 Å². The molecule has 0 radical (unpaired) electrons. The molecule has 0 aliphatic carbocycles. The third-order valence-corrected chi connectivity index (χ3v) is 15.9. The van der Waals surface area contributed by atoms with Gasteiger partial charge in [0.2, 0.25) is 0 Å². The molecule has 0 rings (SSSR count). The normalized spacial score (nSPS) is 11.6. The van der Waals surface area contributed by atoms with Crippen LogP contribution in [0.15, 0.2) is 0 Å². The molecule has 0 saturated heterocycles. The van der Waals surface area contributed by atoms with Gasteiger partial charge in [0.05, 0.1) is 0 Å². The summed E-state index contributed by atoms with van der Waals surface area (Å²) in [7, 11) is -0.637. The summed E-state index contributed by atoms with van der Waals surface area (Å²) in [5, 5.41) is 0. The summed E-state index contributed by atoms with van der Waals surface area (Å²) < 4.78 is 1.65. The summed E-state index contributed by atoms with van der Waals surface area (Å²) in [6.45, 7) is 7.41. The van der Waals surface area contributed by atoms with Crippen LogP contribution in [0.2, 0.25) is 35.2 Å². The molecule has 0 aromatic heterocycles. The van der Waals surface area contributed by atoms with Crippen molar-refractivity contribution in [2.24, 2.45) is 0 Å². The van der Waals surface area contributed by atoms with E-state index in [4.69, 9.17) is 0 Å². The van der Waals surface area contributed by atoms with E-state index in [0.29, 0.717) is 0 Å². The van der Waals surface area contributed by atoms with Crippen LogP contribution in [0.4, 0.5) is 0 Å².